The SMILES string of the molecule is [N-]=[N+]=NCCCC(=O)NCCOCC[C@H](N)C(=O)O. The number of nitrogens with two attached hydrogens (primary N) is 1. The summed E-state index contributed by atoms with van der Waals surface area (Å²) in [5.41, 5.74) is 13.3. The fraction of sp³-hybridized carbons (Fsp3) is 0.800. The maximum absolute atomic E-state index is 11.2. The Morgan fingerprint density at radius 1 is 1.47 bits per heavy atom. The lowest BCUT2D eigenvalue weighted by atomic mass is 10.2. The summed E-state index contributed by atoms with van der Waals surface area (Å²) in [5, 5.41) is 14.4. The maximum atomic E-state index is 11.2. The van der Waals surface area contributed by atoms with E-state index in [1.165, 1.54) is 0 Å². The average molecular weight is 273 g/mol. The third-order valence-electron chi connectivity index (χ3n) is 2.18. The molecule has 4 N–H and O–H groups in total. The van der Waals surface area contributed by atoms with Gasteiger partial charge < -0.3 is 20.9 Å². The van der Waals surface area contributed by atoms with Crippen molar-refractivity contribution in [2.45, 2.75) is 25.3 Å². The number of hydrogen-bond donors (Lipinski definition) is 3. The molecular weight excluding hydrogens is 254 g/mol. The fourth-order valence-corrected chi connectivity index (χ4v) is 1.14. The van der Waals surface area contributed by atoms with E-state index in [-0.39, 0.29) is 18.9 Å². The molecule has 0 aromatic carbocycles. The summed E-state index contributed by atoms with van der Waals surface area (Å²) in [7, 11) is 0. The predicted molar refractivity (Wildman–Crippen MR) is 67.3 cm³/mol. The van der Waals surface area contributed by atoms with Crippen LogP contribution in [0.25, 0.3) is 10.4 Å². The molecule has 19 heavy (non-hydrogen) atoms. The molecule has 0 heterocycles. The van der Waals surface area contributed by atoms with Gasteiger partial charge >= 0.3 is 5.97 Å². The Bertz CT molecular complexity index is 330. The Labute approximate surface area is 110 Å². The molecule has 0 spiro atoms. The first kappa shape index (κ1) is 17.2. The highest BCUT2D eigenvalue weighted by Crippen LogP contribution is 1.91. The molecule has 0 aromatic rings. The van der Waals surface area contributed by atoms with Crippen molar-refractivity contribution in [3.8, 4) is 0 Å². The maximum Gasteiger partial charge on any atom is 0.320 e. The number of amides is 1. The van der Waals surface area contributed by atoms with E-state index in [9.17, 15) is 9.59 Å². The first-order valence-corrected chi connectivity index (χ1v) is 5.91. The number of carboxylic acids is 1. The molecule has 0 rings (SSSR count). The summed E-state index contributed by atoms with van der Waals surface area (Å²) < 4.78 is 5.12. The van der Waals surface area contributed by atoms with Gasteiger partial charge in [-0.05, 0) is 18.4 Å². The molecule has 0 aromatic heterocycles. The molecule has 0 aliphatic rings. The van der Waals surface area contributed by atoms with E-state index in [2.05, 4.69) is 15.3 Å². The van der Waals surface area contributed by atoms with Gasteiger partial charge in [-0.3, -0.25) is 9.59 Å². The summed E-state index contributed by atoms with van der Waals surface area (Å²) in [6, 6.07) is -0.921. The van der Waals surface area contributed by atoms with E-state index in [0.717, 1.165) is 0 Å². The van der Waals surface area contributed by atoms with Gasteiger partial charge in [0, 0.05) is 31.0 Å². The molecule has 1 atom stereocenters. The molecule has 1 amide bonds. The highest BCUT2D eigenvalue weighted by Gasteiger charge is 2.10. The van der Waals surface area contributed by atoms with E-state index in [4.69, 9.17) is 21.1 Å². The van der Waals surface area contributed by atoms with Crippen molar-refractivity contribution in [1.29, 1.82) is 0 Å². The summed E-state index contributed by atoms with van der Waals surface area (Å²) in [6.45, 7) is 1.19. The van der Waals surface area contributed by atoms with Crippen molar-refractivity contribution < 1.29 is 19.4 Å². The van der Waals surface area contributed by atoms with Crippen molar-refractivity contribution in [3.63, 3.8) is 0 Å². The predicted octanol–water partition coefficient (Wildman–Crippen LogP) is 0.0117. The third-order valence-corrected chi connectivity index (χ3v) is 2.18. The molecular formula is C10H19N5O4. The van der Waals surface area contributed by atoms with Crippen LogP contribution in [0.2, 0.25) is 0 Å². The Hall–Kier alpha value is -1.83. The molecule has 0 bridgehead atoms. The number of rotatable bonds is 11. The monoisotopic (exact) mass is 273 g/mol. The normalized spacial score (nSPS) is 11.4. The van der Waals surface area contributed by atoms with Gasteiger partial charge in [0.1, 0.15) is 6.04 Å². The molecule has 0 aliphatic carbocycles. The van der Waals surface area contributed by atoms with Crippen LogP contribution in [-0.4, -0.2) is 49.3 Å². The van der Waals surface area contributed by atoms with Crippen LogP contribution >= 0.6 is 0 Å². The zero-order valence-corrected chi connectivity index (χ0v) is 10.6. The molecule has 0 radical (unpaired) electrons. The molecule has 0 unspecified atom stereocenters. The van der Waals surface area contributed by atoms with E-state index < -0.39 is 12.0 Å². The lowest BCUT2D eigenvalue weighted by Gasteiger charge is -2.08. The van der Waals surface area contributed by atoms with Gasteiger partial charge in [-0.25, -0.2) is 0 Å². The molecule has 0 saturated heterocycles. The third kappa shape index (κ3) is 11.0. The van der Waals surface area contributed by atoms with Crippen molar-refractivity contribution >= 4 is 11.9 Å². The van der Waals surface area contributed by atoms with Crippen molar-refractivity contribution in [2.75, 3.05) is 26.3 Å². The number of carbonyl (C=O) groups is 2. The second kappa shape index (κ2) is 11.3. The topological polar surface area (TPSA) is 150 Å². The van der Waals surface area contributed by atoms with Crippen LogP contribution in [0.3, 0.4) is 0 Å². The minimum absolute atomic E-state index is 0.140. The highest BCUT2D eigenvalue weighted by atomic mass is 16.5. The smallest absolute Gasteiger partial charge is 0.320 e. The van der Waals surface area contributed by atoms with Crippen LogP contribution in [0.5, 0.6) is 0 Å². The zero-order valence-electron chi connectivity index (χ0n) is 10.6. The van der Waals surface area contributed by atoms with Crippen LogP contribution in [0.1, 0.15) is 19.3 Å². The Morgan fingerprint density at radius 2 is 2.21 bits per heavy atom. The number of nitrogens with one attached hydrogen (secondary N) is 1. The van der Waals surface area contributed by atoms with Crippen LogP contribution in [0.15, 0.2) is 5.11 Å². The number of carboxylic acid groups (broad SMARTS) is 1. The second-order valence-corrected chi connectivity index (χ2v) is 3.75. The molecule has 108 valence electrons. The van der Waals surface area contributed by atoms with Gasteiger partial charge in [0.15, 0.2) is 0 Å². The Kier molecular flexibility index (Phi) is 10.2. The molecule has 9 nitrogen and oxygen atoms in total. The Balaban J connectivity index is 3.36. The number of aliphatic carboxylic acids is 1. The van der Waals surface area contributed by atoms with Gasteiger partial charge in [0.25, 0.3) is 0 Å². The van der Waals surface area contributed by atoms with Crippen LogP contribution in [0.4, 0.5) is 0 Å². The summed E-state index contributed by atoms with van der Waals surface area (Å²) in [5.74, 6) is -1.20. The van der Waals surface area contributed by atoms with Crippen LogP contribution in [0, 0.1) is 0 Å². The average Bonchev–Trinajstić information content (AvgIpc) is 2.38. The molecule has 0 saturated carbocycles. The van der Waals surface area contributed by atoms with Crippen LogP contribution in [-0.2, 0) is 14.3 Å². The summed E-state index contributed by atoms with van der Waals surface area (Å²) in [4.78, 5) is 24.2. The molecule has 9 heteroatoms. The minimum Gasteiger partial charge on any atom is -0.480 e. The molecule has 0 fully saturated rings. The largest absolute Gasteiger partial charge is 0.480 e. The fourth-order valence-electron chi connectivity index (χ4n) is 1.14. The van der Waals surface area contributed by atoms with Crippen molar-refractivity contribution in [3.05, 3.63) is 10.4 Å². The van der Waals surface area contributed by atoms with Gasteiger partial charge in [-0.15, -0.1) is 0 Å². The van der Waals surface area contributed by atoms with Gasteiger partial charge in [-0.2, -0.15) is 0 Å². The number of carbonyl (C=O) groups excluding carboxylic acids is 1. The number of nitrogens with zero attached hydrogens (tertiary/aromatic N) is 3. The first-order chi connectivity index (χ1) is 9.07. The van der Waals surface area contributed by atoms with E-state index >= 15 is 0 Å². The summed E-state index contributed by atoms with van der Waals surface area (Å²) >= 11 is 0. The first-order valence-electron chi connectivity index (χ1n) is 5.91. The van der Waals surface area contributed by atoms with Crippen LogP contribution < -0.4 is 11.1 Å². The van der Waals surface area contributed by atoms with Gasteiger partial charge in [0.05, 0.1) is 6.61 Å². The zero-order chi connectivity index (χ0) is 14.5. The standard InChI is InChI=1S/C10H19N5O4/c11-8(10(17)18)3-6-19-7-5-13-9(16)2-1-4-14-15-12/h8H,1-7,11H2,(H,13,16)(H,17,18)/t8-/m0/s1. The quantitative estimate of drug-likeness (QED) is 0.210. The molecule has 0 aliphatic heterocycles. The van der Waals surface area contributed by atoms with Gasteiger partial charge in [-0.1, -0.05) is 5.11 Å². The van der Waals surface area contributed by atoms with Crippen molar-refractivity contribution in [1.82, 2.24) is 5.32 Å². The number of azide groups is 1. The lowest BCUT2D eigenvalue weighted by molar-refractivity contribution is -0.139. The van der Waals surface area contributed by atoms with E-state index in [1.54, 1.807) is 0 Å². The lowest BCUT2D eigenvalue weighted by Crippen LogP contribution is -2.32. The second-order valence-electron chi connectivity index (χ2n) is 3.75. The number of ether oxygens (including phenoxy) is 1. The minimum atomic E-state index is -1.06. The van der Waals surface area contributed by atoms with E-state index in [0.29, 0.717) is 32.5 Å². The number of hydrogen-bond acceptors (Lipinski definition) is 5. The van der Waals surface area contributed by atoms with Gasteiger partial charge in [0.2, 0.25) is 5.91 Å². The summed E-state index contributed by atoms with van der Waals surface area (Å²) in [6.07, 6.45) is 1.03. The van der Waals surface area contributed by atoms with Crippen molar-refractivity contribution in [2.24, 2.45) is 10.8 Å². The Morgan fingerprint density at radius 3 is 2.84 bits per heavy atom. The van der Waals surface area contributed by atoms with E-state index in [1.807, 2.05) is 0 Å². The highest BCUT2D eigenvalue weighted by molar-refractivity contribution is 5.75.